The summed E-state index contributed by atoms with van der Waals surface area (Å²) in [5.41, 5.74) is 8.27. The first-order chi connectivity index (χ1) is 23.6. The summed E-state index contributed by atoms with van der Waals surface area (Å²) >= 11 is 0. The quantitative estimate of drug-likeness (QED) is 0.125. The monoisotopic (exact) mass is 652 g/mol. The van der Waals surface area contributed by atoms with Crippen LogP contribution in [0.3, 0.4) is 0 Å². The van der Waals surface area contributed by atoms with Gasteiger partial charge in [0, 0.05) is 47.4 Å². The Morgan fingerprint density at radius 2 is 1.16 bits per heavy atom. The average molecular weight is 653 g/mol. The highest BCUT2D eigenvalue weighted by atomic mass is 16.5. The van der Waals surface area contributed by atoms with Gasteiger partial charge in [-0.2, -0.15) is 0 Å². The molecule has 252 valence electrons. The summed E-state index contributed by atoms with van der Waals surface area (Å²) in [5.74, 6) is 0.700. The Morgan fingerprint density at radius 3 is 1.76 bits per heavy atom. The van der Waals surface area contributed by atoms with Crippen LogP contribution < -0.4 is 5.32 Å². The van der Waals surface area contributed by atoms with Gasteiger partial charge in [0.25, 0.3) is 0 Å². The van der Waals surface area contributed by atoms with Crippen molar-refractivity contribution in [2.45, 2.75) is 45.8 Å². The van der Waals surface area contributed by atoms with Crippen molar-refractivity contribution in [2.24, 2.45) is 9.98 Å². The maximum atomic E-state index is 5.27. The molecule has 0 saturated carbocycles. The molecule has 1 aromatic heterocycles. The molecular formula is C43H48N4O2. The molecule has 0 atom stereocenters. The molecule has 6 rings (SSSR count). The predicted molar refractivity (Wildman–Crippen MR) is 207 cm³/mol. The lowest BCUT2D eigenvalue weighted by atomic mass is 9.89. The number of fused-ring (bicyclic) bond motifs is 3. The number of methoxy groups -OCH3 is 2. The van der Waals surface area contributed by atoms with Crippen LogP contribution >= 0.6 is 0 Å². The van der Waals surface area contributed by atoms with Crippen LogP contribution in [0.1, 0.15) is 49.9 Å². The van der Waals surface area contributed by atoms with E-state index >= 15 is 0 Å². The summed E-state index contributed by atoms with van der Waals surface area (Å²) in [7, 11) is 5.28. The van der Waals surface area contributed by atoms with Crippen LogP contribution in [-0.4, -0.2) is 55.3 Å². The Balaban J connectivity index is 0.000000409. The van der Waals surface area contributed by atoms with Gasteiger partial charge in [0.2, 0.25) is 0 Å². The van der Waals surface area contributed by atoms with Crippen LogP contribution in [0.4, 0.5) is 0 Å². The normalized spacial score (nSPS) is 12.7. The number of para-hydroxylation sites is 1. The van der Waals surface area contributed by atoms with Crippen molar-refractivity contribution >= 4 is 33.4 Å². The summed E-state index contributed by atoms with van der Waals surface area (Å²) in [5, 5.41) is 5.64. The molecule has 0 aliphatic heterocycles. The maximum absolute atomic E-state index is 5.27. The lowest BCUT2D eigenvalue weighted by molar-refractivity contribution is -0.147. The second-order valence-electron chi connectivity index (χ2n) is 13.0. The second kappa shape index (κ2) is 15.6. The molecule has 6 nitrogen and oxygen atoms in total. The Labute approximate surface area is 291 Å². The molecule has 0 fully saturated rings. The smallest absolute Gasteiger partial charge is 0.156 e. The van der Waals surface area contributed by atoms with Gasteiger partial charge in [0.05, 0.1) is 34.6 Å². The Bertz CT molecular complexity index is 2030. The summed E-state index contributed by atoms with van der Waals surface area (Å²) in [4.78, 5) is 9.90. The van der Waals surface area contributed by atoms with Crippen molar-refractivity contribution in [3.8, 4) is 5.69 Å². The van der Waals surface area contributed by atoms with Gasteiger partial charge in [-0.25, -0.2) is 4.99 Å². The number of hydrogen-bond acceptors (Lipinski definition) is 4. The SMILES string of the molecule is CNC/N=C(\N=C(c1ccccc1)c1ccc(-n2c3ccccc3c3ccc(C)cc32)cc1)c1ccccc1.COC(C)(C)C(C)(C)OC. The van der Waals surface area contributed by atoms with E-state index in [0.29, 0.717) is 12.5 Å². The highest BCUT2D eigenvalue weighted by Gasteiger charge is 2.37. The summed E-state index contributed by atoms with van der Waals surface area (Å²) in [6.07, 6.45) is 0. The fraction of sp³-hybridized carbons (Fsp3) is 0.256. The summed E-state index contributed by atoms with van der Waals surface area (Å²) < 4.78 is 12.9. The van der Waals surface area contributed by atoms with E-state index in [1.165, 1.54) is 27.4 Å². The maximum Gasteiger partial charge on any atom is 0.156 e. The van der Waals surface area contributed by atoms with Crippen molar-refractivity contribution in [1.29, 1.82) is 0 Å². The zero-order valence-corrected chi connectivity index (χ0v) is 30.0. The van der Waals surface area contributed by atoms with Crippen LogP contribution in [-0.2, 0) is 9.47 Å². The number of benzene rings is 5. The molecule has 0 bridgehead atoms. The lowest BCUT2D eigenvalue weighted by Gasteiger charge is -2.38. The number of nitrogens with zero attached hydrogens (tertiary/aromatic N) is 3. The highest BCUT2D eigenvalue weighted by Crippen LogP contribution is 2.33. The minimum atomic E-state index is -0.234. The molecule has 5 aromatic carbocycles. The fourth-order valence-corrected chi connectivity index (χ4v) is 5.55. The van der Waals surface area contributed by atoms with E-state index in [9.17, 15) is 0 Å². The fourth-order valence-electron chi connectivity index (χ4n) is 5.55. The number of amidine groups is 1. The van der Waals surface area contributed by atoms with E-state index in [1.54, 1.807) is 14.2 Å². The summed E-state index contributed by atoms with van der Waals surface area (Å²) in [6, 6.07) is 44.5. The minimum Gasteiger partial charge on any atom is -0.376 e. The van der Waals surface area contributed by atoms with Crippen LogP contribution in [0, 0.1) is 6.92 Å². The van der Waals surface area contributed by atoms with Crippen molar-refractivity contribution in [1.82, 2.24) is 9.88 Å². The van der Waals surface area contributed by atoms with Crippen molar-refractivity contribution < 1.29 is 9.47 Å². The van der Waals surface area contributed by atoms with Gasteiger partial charge >= 0.3 is 0 Å². The molecule has 1 N–H and O–H groups in total. The average Bonchev–Trinajstić information content (AvgIpc) is 3.46. The van der Waals surface area contributed by atoms with E-state index < -0.39 is 0 Å². The molecule has 49 heavy (non-hydrogen) atoms. The van der Waals surface area contributed by atoms with Crippen LogP contribution in [0.15, 0.2) is 137 Å². The molecule has 0 aliphatic rings. The van der Waals surface area contributed by atoms with Crippen molar-refractivity contribution in [3.05, 3.63) is 150 Å². The molecule has 6 aromatic rings. The first-order valence-electron chi connectivity index (χ1n) is 16.7. The number of aryl methyl sites for hydroxylation is 1. The van der Waals surface area contributed by atoms with Crippen LogP contribution in [0.25, 0.3) is 27.5 Å². The molecule has 0 radical (unpaired) electrons. The predicted octanol–water partition coefficient (Wildman–Crippen LogP) is 9.39. The second-order valence-corrected chi connectivity index (χ2v) is 13.0. The zero-order chi connectivity index (χ0) is 35.0. The molecule has 0 aliphatic carbocycles. The minimum absolute atomic E-state index is 0.234. The van der Waals surface area contributed by atoms with Gasteiger partial charge in [-0.1, -0.05) is 103 Å². The standard InChI is InChI=1S/C35H30N4.C8H18O2/c1-25-17-22-31-30-15-9-10-16-32(30)39(33(31)23-25)29-20-18-27(19-21-29)34(26-11-5-3-6-12-26)38-35(37-24-36-2)28-13-7-4-8-14-28;1-7(2,9-5)8(3,4)10-6/h3-23,36H,24H2,1-2H3;1-6H3/b37-35-,38-34?;. The van der Waals surface area contributed by atoms with E-state index in [4.69, 9.17) is 19.5 Å². The first kappa shape index (κ1) is 35.4. The van der Waals surface area contributed by atoms with Gasteiger partial charge in [-0.15, -0.1) is 0 Å². The van der Waals surface area contributed by atoms with Gasteiger partial charge in [-0.05, 0) is 71.5 Å². The third kappa shape index (κ3) is 7.89. The number of nitrogens with one attached hydrogen (secondary N) is 1. The van der Waals surface area contributed by atoms with E-state index in [0.717, 1.165) is 28.1 Å². The topological polar surface area (TPSA) is 60.1 Å². The van der Waals surface area contributed by atoms with Gasteiger partial charge < -0.3 is 19.4 Å². The number of hydrogen-bond donors (Lipinski definition) is 1. The molecule has 0 saturated heterocycles. The third-order valence-electron chi connectivity index (χ3n) is 9.38. The highest BCUT2D eigenvalue weighted by molar-refractivity contribution is 6.19. The summed E-state index contributed by atoms with van der Waals surface area (Å²) in [6.45, 7) is 10.7. The van der Waals surface area contributed by atoms with Gasteiger partial charge in [0.1, 0.15) is 0 Å². The third-order valence-corrected chi connectivity index (χ3v) is 9.38. The Hall–Kier alpha value is -4.88. The number of aliphatic imine (C=N–C) groups is 2. The van der Waals surface area contributed by atoms with Gasteiger partial charge in [-0.3, -0.25) is 4.99 Å². The molecule has 6 heteroatoms. The zero-order valence-electron chi connectivity index (χ0n) is 30.0. The Kier molecular flexibility index (Phi) is 11.2. The van der Waals surface area contributed by atoms with Crippen molar-refractivity contribution in [3.63, 3.8) is 0 Å². The number of aromatic nitrogens is 1. The van der Waals surface area contributed by atoms with Gasteiger partial charge in [0.15, 0.2) is 5.84 Å². The first-order valence-corrected chi connectivity index (χ1v) is 16.7. The number of rotatable bonds is 9. The van der Waals surface area contributed by atoms with Crippen LogP contribution in [0.5, 0.6) is 0 Å². The molecule has 0 spiro atoms. The van der Waals surface area contributed by atoms with Crippen LogP contribution in [0.2, 0.25) is 0 Å². The lowest BCUT2D eigenvalue weighted by Crippen LogP contribution is -2.48. The van der Waals surface area contributed by atoms with Crippen molar-refractivity contribution in [2.75, 3.05) is 27.9 Å². The molecule has 1 heterocycles. The molecule has 0 unspecified atom stereocenters. The number of ether oxygens (including phenoxy) is 2. The Morgan fingerprint density at radius 1 is 0.633 bits per heavy atom. The van der Waals surface area contributed by atoms with E-state index in [1.807, 2.05) is 83.3 Å². The van der Waals surface area contributed by atoms with E-state index in [2.05, 4.69) is 95.7 Å². The largest absolute Gasteiger partial charge is 0.376 e. The van der Waals surface area contributed by atoms with E-state index in [-0.39, 0.29) is 11.2 Å². The molecule has 0 amide bonds. The molecular weight excluding hydrogens is 604 g/mol.